The third-order valence-electron chi connectivity index (χ3n) is 6.56. The smallest absolute Gasteiger partial charge is 0.243 e. The molecule has 1 heterocycles. The van der Waals surface area contributed by atoms with Crippen molar-refractivity contribution in [2.75, 3.05) is 12.8 Å². The summed E-state index contributed by atoms with van der Waals surface area (Å²) in [6.45, 7) is 7.34. The van der Waals surface area contributed by atoms with Crippen molar-refractivity contribution in [3.63, 3.8) is 0 Å². The molecule has 0 bridgehead atoms. The third-order valence-corrected chi connectivity index (χ3v) is 6.56. The predicted octanol–water partition coefficient (Wildman–Crippen LogP) is 6.19. The van der Waals surface area contributed by atoms with E-state index in [1.54, 1.807) is 6.92 Å². The summed E-state index contributed by atoms with van der Waals surface area (Å²) in [5.41, 5.74) is 6.73. The first-order chi connectivity index (χ1) is 19.5. The minimum Gasteiger partial charge on any atom is -0.451 e. The summed E-state index contributed by atoms with van der Waals surface area (Å²) in [6, 6.07) is 3.59. The van der Waals surface area contributed by atoms with Crippen molar-refractivity contribution in [1.29, 1.82) is 0 Å². The highest BCUT2D eigenvalue weighted by atomic mass is 19.2. The van der Waals surface area contributed by atoms with Crippen LogP contribution >= 0.6 is 0 Å². The molecule has 1 aliphatic carbocycles. The van der Waals surface area contributed by atoms with Crippen molar-refractivity contribution in [1.82, 2.24) is 15.3 Å². The monoisotopic (exact) mass is 575 g/mol. The lowest BCUT2D eigenvalue weighted by atomic mass is 9.87. The number of rotatable bonds is 6. The molecule has 0 aliphatic heterocycles. The van der Waals surface area contributed by atoms with E-state index in [1.165, 1.54) is 38.4 Å². The zero-order valence-electron chi connectivity index (χ0n) is 22.8. The number of aliphatic imine (C=N–C) groups is 1. The van der Waals surface area contributed by atoms with E-state index in [9.17, 15) is 26.7 Å². The van der Waals surface area contributed by atoms with E-state index in [0.717, 1.165) is 30.9 Å². The molecule has 2 aromatic carbocycles. The van der Waals surface area contributed by atoms with Gasteiger partial charge >= 0.3 is 0 Å². The summed E-state index contributed by atoms with van der Waals surface area (Å²) in [5.74, 6) is -8.49. The predicted molar refractivity (Wildman–Crippen MR) is 145 cm³/mol. The second kappa shape index (κ2) is 13.8. The summed E-state index contributed by atoms with van der Waals surface area (Å²) in [5, 5.41) is 2.93. The maximum absolute atomic E-state index is 14.7. The Labute approximate surface area is 234 Å². The van der Waals surface area contributed by atoms with Gasteiger partial charge in [-0.25, -0.2) is 23.1 Å². The van der Waals surface area contributed by atoms with Gasteiger partial charge in [-0.15, -0.1) is 0 Å². The first-order valence-corrected chi connectivity index (χ1v) is 12.7. The highest BCUT2D eigenvalue weighted by Crippen LogP contribution is 2.32. The Hall–Kier alpha value is -4.35. The minimum absolute atomic E-state index is 0.0178. The quantitative estimate of drug-likeness (QED) is 0.158. The average molecular weight is 576 g/mol. The fourth-order valence-corrected chi connectivity index (χ4v) is 4.33. The number of anilines is 1. The molecule has 41 heavy (non-hydrogen) atoms. The minimum atomic E-state index is -1.74. The topological polar surface area (TPSA) is 102 Å². The summed E-state index contributed by atoms with van der Waals surface area (Å²) < 4.78 is 73.7. The molecule has 0 spiro atoms. The zero-order chi connectivity index (χ0) is 30.3. The molecule has 1 aliphatic rings. The zero-order valence-corrected chi connectivity index (χ0v) is 22.8. The Kier molecular flexibility index (Phi) is 10.5. The Morgan fingerprint density at radius 1 is 1.05 bits per heavy atom. The number of amides is 1. The lowest BCUT2D eigenvalue weighted by molar-refractivity contribution is -0.117. The van der Waals surface area contributed by atoms with E-state index in [4.69, 9.17) is 10.5 Å². The van der Waals surface area contributed by atoms with Gasteiger partial charge in [0.25, 0.3) is 0 Å². The maximum atomic E-state index is 14.7. The summed E-state index contributed by atoms with van der Waals surface area (Å²) >= 11 is 0. The van der Waals surface area contributed by atoms with Crippen molar-refractivity contribution < 1.29 is 31.5 Å². The van der Waals surface area contributed by atoms with Crippen molar-refractivity contribution in [2.45, 2.75) is 45.6 Å². The van der Waals surface area contributed by atoms with Crippen LogP contribution in [-0.2, 0) is 4.79 Å². The lowest BCUT2D eigenvalue weighted by Gasteiger charge is -2.26. The van der Waals surface area contributed by atoms with Crippen LogP contribution in [0.4, 0.5) is 27.8 Å². The van der Waals surface area contributed by atoms with E-state index in [1.807, 2.05) is 0 Å². The number of nitrogens with one attached hydrogen (secondary N) is 1. The lowest BCUT2D eigenvalue weighted by Crippen LogP contribution is -2.36. The molecule has 0 saturated heterocycles. The molecule has 4 rings (SSSR count). The number of benzene rings is 2. The van der Waals surface area contributed by atoms with Gasteiger partial charge < -0.3 is 15.8 Å². The molecule has 3 N–H and O–H groups in total. The van der Waals surface area contributed by atoms with Gasteiger partial charge in [0.15, 0.2) is 11.6 Å². The number of nitrogens with zero attached hydrogens (tertiary/aromatic N) is 3. The normalized spacial score (nSPS) is 16.8. The largest absolute Gasteiger partial charge is 0.451 e. The van der Waals surface area contributed by atoms with Crippen LogP contribution in [0.3, 0.4) is 0 Å². The van der Waals surface area contributed by atoms with Crippen LogP contribution in [-0.4, -0.2) is 34.7 Å². The number of aromatic nitrogens is 2. The van der Waals surface area contributed by atoms with Gasteiger partial charge in [0, 0.05) is 30.8 Å². The van der Waals surface area contributed by atoms with Crippen molar-refractivity contribution in [3.05, 3.63) is 89.2 Å². The molecule has 218 valence electrons. The molecule has 1 fully saturated rings. The molecule has 1 saturated carbocycles. The molecule has 0 radical (unpaired) electrons. The van der Waals surface area contributed by atoms with E-state index >= 15 is 0 Å². The molecule has 7 nitrogen and oxygen atoms in total. The number of carbonyl (C=O) groups excluding carboxylic acids is 1. The first-order valence-electron chi connectivity index (χ1n) is 12.7. The van der Waals surface area contributed by atoms with Crippen LogP contribution in [0.2, 0.25) is 0 Å². The number of hydrogen-bond acceptors (Lipinski definition) is 6. The van der Waals surface area contributed by atoms with Crippen molar-refractivity contribution >= 4 is 17.4 Å². The fourth-order valence-electron chi connectivity index (χ4n) is 4.33. The van der Waals surface area contributed by atoms with Gasteiger partial charge in [0.1, 0.15) is 23.7 Å². The van der Waals surface area contributed by atoms with Gasteiger partial charge in [-0.2, -0.15) is 8.78 Å². The summed E-state index contributed by atoms with van der Waals surface area (Å²) in [4.78, 5) is 22.8. The van der Waals surface area contributed by atoms with Gasteiger partial charge in [-0.1, -0.05) is 13.5 Å². The fraction of sp³-hybridized carbons (Fsp3) is 0.310. The SMILES string of the molecule is C=CC(=O)NC1CCC(C)CC1.CN=C(c1ccc(Oc2c(F)c(F)cc(F)c2F)cc1F)c1c(C)ncnc1N. The average Bonchev–Trinajstić information content (AvgIpc) is 2.94. The highest BCUT2D eigenvalue weighted by Gasteiger charge is 2.23. The highest BCUT2D eigenvalue weighted by molar-refractivity contribution is 6.16. The molecular weight excluding hydrogens is 545 g/mol. The number of halogens is 5. The standard InChI is InChI=1S/C19H13F5N4O.C10H17NO/c1-8-14(19(25)28-7-27-8)17(26-2)10-4-3-9(5-11(10)20)29-18-15(23)12(21)6-13(22)16(18)24;1-3-10(12)11-9-6-4-8(2)5-7-9/h3-7H,1-2H3,(H2,25,27,28);3,8-9H,1,4-7H2,2H3,(H,11,12). The molecule has 1 amide bonds. The van der Waals surface area contributed by atoms with E-state index in [2.05, 4.69) is 33.8 Å². The van der Waals surface area contributed by atoms with Crippen molar-refractivity contribution in [2.24, 2.45) is 10.9 Å². The van der Waals surface area contributed by atoms with Crippen molar-refractivity contribution in [3.8, 4) is 11.5 Å². The molecular formula is C29H30F5N5O2. The first kappa shape index (κ1) is 31.2. The third kappa shape index (κ3) is 7.65. The Morgan fingerprint density at radius 3 is 2.22 bits per heavy atom. The molecule has 0 atom stereocenters. The van der Waals surface area contributed by atoms with Gasteiger partial charge in [-0.3, -0.25) is 9.79 Å². The van der Waals surface area contributed by atoms with Crippen LogP contribution in [0.25, 0.3) is 0 Å². The van der Waals surface area contributed by atoms with E-state index in [0.29, 0.717) is 17.3 Å². The summed E-state index contributed by atoms with van der Waals surface area (Å²) in [7, 11) is 1.41. The number of nitrogens with two attached hydrogens (primary N) is 1. The van der Waals surface area contributed by atoms with Gasteiger partial charge in [-0.05, 0) is 56.7 Å². The molecule has 3 aromatic rings. The second-order valence-corrected chi connectivity index (χ2v) is 9.50. The maximum Gasteiger partial charge on any atom is 0.243 e. The summed E-state index contributed by atoms with van der Waals surface area (Å²) in [6.07, 6.45) is 7.32. The molecule has 1 aromatic heterocycles. The molecule has 0 unspecified atom stereocenters. The van der Waals surface area contributed by atoms with Crippen LogP contribution < -0.4 is 15.8 Å². The Bertz CT molecular complexity index is 1410. The van der Waals surface area contributed by atoms with Crippen LogP contribution in [0.5, 0.6) is 11.5 Å². The van der Waals surface area contributed by atoms with E-state index in [-0.39, 0.29) is 29.1 Å². The number of hydrogen-bond donors (Lipinski definition) is 2. The Morgan fingerprint density at radius 2 is 1.68 bits per heavy atom. The van der Waals surface area contributed by atoms with E-state index < -0.39 is 40.6 Å². The van der Waals surface area contributed by atoms with Crippen LogP contribution in [0.15, 0.2) is 48.2 Å². The van der Waals surface area contributed by atoms with Crippen LogP contribution in [0.1, 0.15) is 49.4 Å². The van der Waals surface area contributed by atoms with Gasteiger partial charge in [0.05, 0.1) is 17.0 Å². The number of carbonyl (C=O) groups is 1. The second-order valence-electron chi connectivity index (χ2n) is 9.50. The van der Waals surface area contributed by atoms with Crippen LogP contribution in [0, 0.1) is 41.9 Å². The number of aryl methyl sites for hydroxylation is 1. The van der Waals surface area contributed by atoms with Gasteiger partial charge in [0.2, 0.25) is 23.3 Å². The number of nitrogen functional groups attached to an aromatic ring is 1. The molecule has 12 heteroatoms. The Balaban J connectivity index is 0.000000322. The number of ether oxygens (including phenoxy) is 1.